The smallest absolute Gasteiger partial charge is 0.251 e. The molecule has 0 radical (unpaired) electrons. The Morgan fingerprint density at radius 2 is 1.71 bits per heavy atom. The Balaban J connectivity index is 3.05. The first-order chi connectivity index (χ1) is 9.84. The Bertz CT molecular complexity index is 570. The molecule has 1 rings (SSSR count). The van der Waals surface area contributed by atoms with E-state index in [1.165, 1.54) is 31.3 Å². The summed E-state index contributed by atoms with van der Waals surface area (Å²) in [6, 6.07) is 5.80. The van der Waals surface area contributed by atoms with E-state index in [9.17, 15) is 13.2 Å². The molecule has 0 saturated heterocycles. The minimum Gasteiger partial charge on any atom is -0.355 e. The van der Waals surface area contributed by atoms with E-state index in [4.69, 9.17) is 5.73 Å². The Morgan fingerprint density at radius 3 is 2.10 bits per heavy atom. The summed E-state index contributed by atoms with van der Waals surface area (Å²) in [6.45, 7) is 4.02. The fourth-order valence-corrected chi connectivity index (χ4v) is 3.55. The van der Waals surface area contributed by atoms with E-state index in [2.05, 4.69) is 10.0 Å². The lowest BCUT2D eigenvalue weighted by molar-refractivity contribution is 0.0963. The summed E-state index contributed by atoms with van der Waals surface area (Å²) in [4.78, 5) is 11.6. The normalized spacial score (nSPS) is 12.2. The maximum Gasteiger partial charge on any atom is 0.251 e. The van der Waals surface area contributed by atoms with E-state index in [0.29, 0.717) is 18.4 Å². The quantitative estimate of drug-likeness (QED) is 0.694. The summed E-state index contributed by atoms with van der Waals surface area (Å²) < 4.78 is 27.5. The molecule has 0 fully saturated rings. The highest BCUT2D eigenvalue weighted by molar-refractivity contribution is 7.89. The Hall–Kier alpha value is -1.44. The summed E-state index contributed by atoms with van der Waals surface area (Å²) in [6.07, 6.45) is 1.21. The predicted molar refractivity (Wildman–Crippen MR) is 82.5 cm³/mol. The zero-order valence-electron chi connectivity index (χ0n) is 12.6. The molecule has 1 aromatic carbocycles. The number of carbonyl (C=O) groups is 1. The largest absolute Gasteiger partial charge is 0.355 e. The first-order valence-electron chi connectivity index (χ1n) is 6.90. The van der Waals surface area contributed by atoms with Crippen LogP contribution in [0.15, 0.2) is 29.2 Å². The minimum atomic E-state index is -3.67. The van der Waals surface area contributed by atoms with Crippen molar-refractivity contribution in [2.24, 2.45) is 5.73 Å². The van der Waals surface area contributed by atoms with E-state index in [1.54, 1.807) is 0 Å². The molecule has 0 aromatic heterocycles. The second kappa shape index (κ2) is 7.02. The van der Waals surface area contributed by atoms with Gasteiger partial charge in [-0.05, 0) is 37.1 Å². The molecule has 0 aliphatic heterocycles. The number of carbonyl (C=O) groups excluding carboxylic acids is 1. The lowest BCUT2D eigenvalue weighted by Gasteiger charge is -2.31. The molecule has 21 heavy (non-hydrogen) atoms. The summed E-state index contributed by atoms with van der Waals surface area (Å²) in [5.74, 6) is -0.259. The zero-order valence-corrected chi connectivity index (χ0v) is 13.5. The van der Waals surface area contributed by atoms with Crippen molar-refractivity contribution in [2.75, 3.05) is 13.6 Å². The van der Waals surface area contributed by atoms with Crippen LogP contribution < -0.4 is 15.8 Å². The number of nitrogens with one attached hydrogen (secondary N) is 2. The number of rotatable bonds is 7. The van der Waals surface area contributed by atoms with Crippen LogP contribution >= 0.6 is 0 Å². The van der Waals surface area contributed by atoms with E-state index in [-0.39, 0.29) is 17.3 Å². The van der Waals surface area contributed by atoms with Crippen LogP contribution in [0.25, 0.3) is 0 Å². The van der Waals surface area contributed by atoms with Crippen molar-refractivity contribution < 1.29 is 13.2 Å². The Kier molecular flexibility index (Phi) is 5.88. The van der Waals surface area contributed by atoms with Gasteiger partial charge < -0.3 is 11.1 Å². The first-order valence-corrected chi connectivity index (χ1v) is 8.38. The summed E-state index contributed by atoms with van der Waals surface area (Å²) in [5, 5.41) is 2.48. The van der Waals surface area contributed by atoms with Gasteiger partial charge in [0, 0.05) is 24.7 Å². The highest BCUT2D eigenvalue weighted by Crippen LogP contribution is 2.19. The number of nitrogens with two attached hydrogens (primary N) is 1. The molecule has 0 aliphatic rings. The highest BCUT2D eigenvalue weighted by atomic mass is 32.2. The number of hydrogen-bond donors (Lipinski definition) is 3. The van der Waals surface area contributed by atoms with Crippen molar-refractivity contribution in [1.29, 1.82) is 0 Å². The second-order valence-corrected chi connectivity index (χ2v) is 6.58. The van der Waals surface area contributed by atoms with Crippen molar-refractivity contribution in [3.63, 3.8) is 0 Å². The number of sulfonamides is 1. The van der Waals surface area contributed by atoms with Gasteiger partial charge in [-0.1, -0.05) is 13.8 Å². The van der Waals surface area contributed by atoms with Crippen molar-refractivity contribution in [3.8, 4) is 0 Å². The van der Waals surface area contributed by atoms with Crippen molar-refractivity contribution in [3.05, 3.63) is 29.8 Å². The summed E-state index contributed by atoms with van der Waals surface area (Å²) >= 11 is 0. The van der Waals surface area contributed by atoms with E-state index in [1.807, 2.05) is 13.8 Å². The molecule has 0 aliphatic carbocycles. The maximum absolute atomic E-state index is 12.4. The van der Waals surface area contributed by atoms with Gasteiger partial charge in [-0.15, -0.1) is 0 Å². The lowest BCUT2D eigenvalue weighted by atomic mass is 9.95. The van der Waals surface area contributed by atoms with Gasteiger partial charge in [-0.25, -0.2) is 13.1 Å². The van der Waals surface area contributed by atoms with Gasteiger partial charge in [-0.2, -0.15) is 0 Å². The van der Waals surface area contributed by atoms with Crippen molar-refractivity contribution in [1.82, 2.24) is 10.0 Å². The number of amides is 1. The third kappa shape index (κ3) is 4.03. The SMILES string of the molecule is CCC(CC)(CN)NS(=O)(=O)c1ccc(C(=O)NC)cc1. The molecule has 0 unspecified atom stereocenters. The molecule has 6 nitrogen and oxygen atoms in total. The average molecular weight is 313 g/mol. The van der Waals surface area contributed by atoms with Gasteiger partial charge in [-0.3, -0.25) is 4.79 Å². The van der Waals surface area contributed by atoms with Crippen LogP contribution in [0.5, 0.6) is 0 Å². The molecule has 1 aromatic rings. The zero-order chi connectivity index (χ0) is 16.1. The fourth-order valence-electron chi connectivity index (χ4n) is 2.00. The van der Waals surface area contributed by atoms with Crippen LogP contribution in [-0.4, -0.2) is 33.5 Å². The Labute approximate surface area is 126 Å². The standard InChI is InChI=1S/C14H23N3O3S/c1-4-14(5-2,10-15)17-21(19,20)12-8-6-11(7-9-12)13(18)16-3/h6-9,17H,4-5,10,15H2,1-3H3,(H,16,18). The summed E-state index contributed by atoms with van der Waals surface area (Å²) in [7, 11) is -2.14. The topological polar surface area (TPSA) is 101 Å². The van der Waals surface area contributed by atoms with Gasteiger partial charge in [0.25, 0.3) is 5.91 Å². The average Bonchev–Trinajstić information content (AvgIpc) is 2.52. The summed E-state index contributed by atoms with van der Waals surface area (Å²) in [5.41, 5.74) is 5.49. The van der Waals surface area contributed by atoms with Crippen LogP contribution in [0, 0.1) is 0 Å². The molecular weight excluding hydrogens is 290 g/mol. The predicted octanol–water partition coefficient (Wildman–Crippen LogP) is 0.842. The first kappa shape index (κ1) is 17.6. The van der Waals surface area contributed by atoms with Crippen LogP contribution in [-0.2, 0) is 10.0 Å². The maximum atomic E-state index is 12.4. The fraction of sp³-hybridized carbons (Fsp3) is 0.500. The van der Waals surface area contributed by atoms with E-state index < -0.39 is 15.6 Å². The molecule has 118 valence electrons. The van der Waals surface area contributed by atoms with E-state index >= 15 is 0 Å². The van der Waals surface area contributed by atoms with Crippen LogP contribution in [0.1, 0.15) is 37.0 Å². The number of hydrogen-bond acceptors (Lipinski definition) is 4. The minimum absolute atomic E-state index is 0.120. The van der Waals surface area contributed by atoms with Gasteiger partial charge in [0.05, 0.1) is 4.90 Å². The molecule has 4 N–H and O–H groups in total. The highest BCUT2D eigenvalue weighted by Gasteiger charge is 2.30. The van der Waals surface area contributed by atoms with Crippen molar-refractivity contribution >= 4 is 15.9 Å². The molecule has 0 heterocycles. The number of benzene rings is 1. The molecule has 0 spiro atoms. The van der Waals surface area contributed by atoms with Crippen LogP contribution in [0.3, 0.4) is 0 Å². The van der Waals surface area contributed by atoms with Crippen LogP contribution in [0.2, 0.25) is 0 Å². The molecule has 7 heteroatoms. The second-order valence-electron chi connectivity index (χ2n) is 4.90. The monoisotopic (exact) mass is 313 g/mol. The van der Waals surface area contributed by atoms with Gasteiger partial charge >= 0.3 is 0 Å². The van der Waals surface area contributed by atoms with Gasteiger partial charge in [0.1, 0.15) is 0 Å². The Morgan fingerprint density at radius 1 is 1.19 bits per heavy atom. The van der Waals surface area contributed by atoms with Gasteiger partial charge in [0.2, 0.25) is 10.0 Å². The third-order valence-electron chi connectivity index (χ3n) is 3.75. The molecular formula is C14H23N3O3S. The molecule has 0 bridgehead atoms. The van der Waals surface area contributed by atoms with Crippen LogP contribution in [0.4, 0.5) is 0 Å². The molecule has 0 atom stereocenters. The van der Waals surface area contributed by atoms with Gasteiger partial charge in [0.15, 0.2) is 0 Å². The molecule has 0 saturated carbocycles. The van der Waals surface area contributed by atoms with Crippen molar-refractivity contribution in [2.45, 2.75) is 37.1 Å². The van der Waals surface area contributed by atoms with E-state index in [0.717, 1.165) is 0 Å². The molecule has 1 amide bonds. The third-order valence-corrected chi connectivity index (χ3v) is 5.34. The lowest BCUT2D eigenvalue weighted by Crippen LogP contribution is -2.52.